The van der Waals surface area contributed by atoms with Crippen molar-refractivity contribution in [2.45, 2.75) is 19.4 Å². The zero-order valence-corrected chi connectivity index (χ0v) is 14.7. The Morgan fingerprint density at radius 1 is 1.15 bits per heavy atom. The highest BCUT2D eigenvalue weighted by Gasteiger charge is 2.20. The number of anilines is 1. The van der Waals surface area contributed by atoms with Crippen molar-refractivity contribution >= 4 is 29.5 Å². The normalized spacial score (nSPS) is 13.9. The molecule has 2 N–H and O–H groups in total. The van der Waals surface area contributed by atoms with Gasteiger partial charge in [-0.3, -0.25) is 9.59 Å². The molecule has 0 unspecified atom stereocenters. The van der Waals surface area contributed by atoms with Gasteiger partial charge in [-0.05, 0) is 47.9 Å². The van der Waals surface area contributed by atoms with Crippen molar-refractivity contribution < 1.29 is 19.5 Å². The van der Waals surface area contributed by atoms with E-state index < -0.39 is 5.97 Å². The Hall–Kier alpha value is -3.41. The fraction of sp³-hybridized carbons (Fsp3) is 0.190. The lowest BCUT2D eigenvalue weighted by atomic mass is 10.1. The minimum absolute atomic E-state index is 0.155. The van der Waals surface area contributed by atoms with Gasteiger partial charge in [0.15, 0.2) is 0 Å². The Morgan fingerprint density at radius 3 is 2.59 bits per heavy atom. The monoisotopic (exact) mass is 364 g/mol. The van der Waals surface area contributed by atoms with Crippen molar-refractivity contribution in [3.8, 4) is 0 Å². The van der Waals surface area contributed by atoms with Crippen molar-refractivity contribution in [3.05, 3.63) is 71.3 Å². The minimum atomic E-state index is -1.01. The Bertz CT molecular complexity index is 887. The number of hydrogen-bond acceptors (Lipinski definition) is 3. The van der Waals surface area contributed by atoms with Crippen LogP contribution in [-0.4, -0.2) is 34.3 Å². The maximum Gasteiger partial charge on any atom is 0.328 e. The SMILES string of the molecule is O=C(O)C=Cc1ccc(NC(=O)c2cccc(CN3CCCC3=O)c2)cc1. The van der Waals surface area contributed by atoms with Gasteiger partial charge in [0.05, 0.1) is 0 Å². The molecule has 1 aliphatic heterocycles. The van der Waals surface area contributed by atoms with Gasteiger partial charge in [-0.25, -0.2) is 4.79 Å². The van der Waals surface area contributed by atoms with Gasteiger partial charge in [-0.1, -0.05) is 24.3 Å². The molecule has 1 aliphatic rings. The molecular weight excluding hydrogens is 344 g/mol. The quantitative estimate of drug-likeness (QED) is 0.771. The number of benzene rings is 2. The summed E-state index contributed by atoms with van der Waals surface area (Å²) >= 11 is 0. The Kier molecular flexibility index (Phi) is 5.66. The van der Waals surface area contributed by atoms with E-state index >= 15 is 0 Å². The van der Waals surface area contributed by atoms with Gasteiger partial charge in [-0.2, -0.15) is 0 Å². The van der Waals surface area contributed by atoms with E-state index in [1.54, 1.807) is 41.3 Å². The molecular formula is C21H20N2O4. The molecule has 0 aliphatic carbocycles. The standard InChI is InChI=1S/C21H20N2O4/c24-19-5-2-12-23(19)14-16-3-1-4-17(13-16)21(27)22-18-9-6-15(7-10-18)8-11-20(25)26/h1,3-4,6-11,13H,2,5,12,14H2,(H,22,27)(H,25,26). The van der Waals surface area contributed by atoms with Gasteiger partial charge in [0.2, 0.25) is 5.91 Å². The van der Waals surface area contributed by atoms with Gasteiger partial charge in [0.25, 0.3) is 5.91 Å². The number of carbonyl (C=O) groups excluding carboxylic acids is 2. The lowest BCUT2D eigenvalue weighted by molar-refractivity contribution is -0.131. The van der Waals surface area contributed by atoms with Gasteiger partial charge < -0.3 is 15.3 Å². The number of carboxylic acid groups (broad SMARTS) is 1. The molecule has 0 atom stereocenters. The highest BCUT2D eigenvalue weighted by molar-refractivity contribution is 6.04. The van der Waals surface area contributed by atoms with E-state index in [9.17, 15) is 14.4 Å². The maximum absolute atomic E-state index is 12.5. The lowest BCUT2D eigenvalue weighted by Crippen LogP contribution is -2.24. The first-order valence-electron chi connectivity index (χ1n) is 8.70. The summed E-state index contributed by atoms with van der Waals surface area (Å²) in [7, 11) is 0. The van der Waals surface area contributed by atoms with Crippen LogP contribution < -0.4 is 5.32 Å². The first-order chi connectivity index (χ1) is 13.0. The van der Waals surface area contributed by atoms with E-state index in [1.807, 2.05) is 12.1 Å². The summed E-state index contributed by atoms with van der Waals surface area (Å²) in [6.45, 7) is 1.28. The van der Waals surface area contributed by atoms with Crippen molar-refractivity contribution in [1.29, 1.82) is 0 Å². The molecule has 27 heavy (non-hydrogen) atoms. The summed E-state index contributed by atoms with van der Waals surface area (Å²) in [6.07, 6.45) is 4.02. The number of nitrogens with one attached hydrogen (secondary N) is 1. The molecule has 0 spiro atoms. The van der Waals surface area contributed by atoms with E-state index in [2.05, 4.69) is 5.32 Å². The molecule has 2 aromatic carbocycles. The minimum Gasteiger partial charge on any atom is -0.478 e. The van der Waals surface area contributed by atoms with Crippen molar-refractivity contribution in [2.24, 2.45) is 0 Å². The fourth-order valence-electron chi connectivity index (χ4n) is 2.95. The molecule has 3 rings (SSSR count). The highest BCUT2D eigenvalue weighted by atomic mass is 16.4. The molecule has 138 valence electrons. The zero-order valence-electron chi connectivity index (χ0n) is 14.7. The van der Waals surface area contributed by atoms with E-state index in [0.29, 0.717) is 24.2 Å². The van der Waals surface area contributed by atoms with E-state index in [4.69, 9.17) is 5.11 Å². The van der Waals surface area contributed by atoms with Crippen LogP contribution in [-0.2, 0) is 16.1 Å². The van der Waals surface area contributed by atoms with Crippen LogP contribution in [0.1, 0.15) is 34.3 Å². The second kappa shape index (κ2) is 8.31. The predicted molar refractivity (Wildman–Crippen MR) is 102 cm³/mol. The topological polar surface area (TPSA) is 86.7 Å². The summed E-state index contributed by atoms with van der Waals surface area (Å²) in [5.74, 6) is -1.09. The summed E-state index contributed by atoms with van der Waals surface area (Å²) in [4.78, 5) is 36.6. The molecule has 6 heteroatoms. The molecule has 1 heterocycles. The first-order valence-corrected chi connectivity index (χ1v) is 8.70. The molecule has 1 fully saturated rings. The third kappa shape index (κ3) is 5.04. The molecule has 0 saturated carbocycles. The van der Waals surface area contributed by atoms with E-state index in [1.165, 1.54) is 6.08 Å². The third-order valence-corrected chi connectivity index (χ3v) is 4.32. The van der Waals surface area contributed by atoms with E-state index in [-0.39, 0.29) is 11.8 Å². The van der Waals surface area contributed by atoms with Gasteiger partial charge in [-0.15, -0.1) is 0 Å². The fourth-order valence-corrected chi connectivity index (χ4v) is 2.95. The van der Waals surface area contributed by atoms with Gasteiger partial charge in [0.1, 0.15) is 0 Å². The largest absolute Gasteiger partial charge is 0.478 e. The van der Waals surface area contributed by atoms with Gasteiger partial charge >= 0.3 is 5.97 Å². The van der Waals surface area contributed by atoms with Crippen LogP contribution >= 0.6 is 0 Å². The smallest absolute Gasteiger partial charge is 0.328 e. The number of rotatable bonds is 6. The molecule has 6 nitrogen and oxygen atoms in total. The number of aliphatic carboxylic acids is 1. The molecule has 0 radical (unpaired) electrons. The molecule has 0 aromatic heterocycles. The predicted octanol–water partition coefficient (Wildman–Crippen LogP) is 3.16. The average molecular weight is 364 g/mol. The van der Waals surface area contributed by atoms with Crippen LogP contribution in [0.3, 0.4) is 0 Å². The summed E-state index contributed by atoms with van der Waals surface area (Å²) in [5.41, 5.74) is 2.79. The van der Waals surface area contributed by atoms with Crippen LogP contribution in [0.5, 0.6) is 0 Å². The summed E-state index contributed by atoms with van der Waals surface area (Å²) < 4.78 is 0. The number of hydrogen-bond donors (Lipinski definition) is 2. The molecule has 2 aromatic rings. The average Bonchev–Trinajstić information content (AvgIpc) is 3.06. The lowest BCUT2D eigenvalue weighted by Gasteiger charge is -2.16. The molecule has 0 bridgehead atoms. The van der Waals surface area contributed by atoms with Crippen LogP contribution in [0.2, 0.25) is 0 Å². The molecule has 1 saturated heterocycles. The van der Waals surface area contributed by atoms with Gasteiger partial charge in [0, 0.05) is 36.8 Å². The first kappa shape index (κ1) is 18.4. The van der Waals surface area contributed by atoms with Crippen LogP contribution in [0, 0.1) is 0 Å². The number of carbonyl (C=O) groups is 3. The van der Waals surface area contributed by atoms with Crippen LogP contribution in [0.15, 0.2) is 54.6 Å². The Labute approximate surface area is 157 Å². The molecule has 2 amide bonds. The second-order valence-corrected chi connectivity index (χ2v) is 6.37. The van der Waals surface area contributed by atoms with Crippen molar-refractivity contribution in [2.75, 3.05) is 11.9 Å². The Morgan fingerprint density at radius 2 is 1.93 bits per heavy atom. The zero-order chi connectivity index (χ0) is 19.2. The van der Waals surface area contributed by atoms with Crippen molar-refractivity contribution in [1.82, 2.24) is 4.90 Å². The van der Waals surface area contributed by atoms with Crippen LogP contribution in [0.4, 0.5) is 5.69 Å². The summed E-state index contributed by atoms with van der Waals surface area (Å²) in [5, 5.41) is 11.5. The highest BCUT2D eigenvalue weighted by Crippen LogP contribution is 2.17. The number of nitrogens with zero attached hydrogens (tertiary/aromatic N) is 1. The Balaban J connectivity index is 1.64. The summed E-state index contributed by atoms with van der Waals surface area (Å²) in [6, 6.07) is 14.1. The third-order valence-electron chi connectivity index (χ3n) is 4.32. The number of likely N-dealkylation sites (tertiary alicyclic amines) is 1. The van der Waals surface area contributed by atoms with Crippen molar-refractivity contribution in [3.63, 3.8) is 0 Å². The number of amides is 2. The van der Waals surface area contributed by atoms with Crippen LogP contribution in [0.25, 0.3) is 6.08 Å². The second-order valence-electron chi connectivity index (χ2n) is 6.37. The maximum atomic E-state index is 12.5. The van der Waals surface area contributed by atoms with E-state index in [0.717, 1.165) is 30.2 Å². The number of carboxylic acids is 1.